The topological polar surface area (TPSA) is 29.1 Å². The van der Waals surface area contributed by atoms with Gasteiger partial charge in [-0.3, -0.25) is 4.79 Å². The second-order valence-electron chi connectivity index (χ2n) is 4.62. The Morgan fingerprint density at radius 2 is 1.78 bits per heavy atom. The number of rotatable bonds is 8. The van der Waals surface area contributed by atoms with E-state index in [4.69, 9.17) is 0 Å². The second kappa shape index (κ2) is 9.15. The van der Waals surface area contributed by atoms with Crippen molar-refractivity contribution in [3.63, 3.8) is 0 Å². The number of nitrogens with one attached hydrogen (secondary N) is 1. The van der Waals surface area contributed by atoms with Crippen LogP contribution < -0.4 is 5.32 Å². The Labute approximate surface area is 118 Å². The van der Waals surface area contributed by atoms with Crippen LogP contribution in [0.3, 0.4) is 0 Å². The van der Waals surface area contributed by atoms with Crippen LogP contribution in [0.5, 0.6) is 0 Å². The van der Waals surface area contributed by atoms with Gasteiger partial charge in [-0.25, -0.2) is 0 Å². The van der Waals surface area contributed by atoms with Crippen molar-refractivity contribution in [1.29, 1.82) is 0 Å². The van der Waals surface area contributed by atoms with Crippen LogP contribution in [0, 0.1) is 6.92 Å². The van der Waals surface area contributed by atoms with Crippen LogP contribution in [0.1, 0.15) is 36.8 Å². The van der Waals surface area contributed by atoms with Gasteiger partial charge < -0.3 is 5.32 Å². The fraction of sp³-hybridized carbons (Fsp3) is 0.533. The molecule has 0 aliphatic rings. The molecule has 0 aromatic heterocycles. The van der Waals surface area contributed by atoms with Crippen molar-refractivity contribution < 1.29 is 4.79 Å². The fourth-order valence-electron chi connectivity index (χ4n) is 1.75. The number of carbonyl (C=O) groups is 1. The average molecular weight is 312 g/mol. The van der Waals surface area contributed by atoms with Crippen LogP contribution in [-0.4, -0.2) is 17.8 Å². The van der Waals surface area contributed by atoms with Gasteiger partial charge in [0.05, 0.1) is 6.42 Å². The molecular weight excluding hydrogens is 290 g/mol. The van der Waals surface area contributed by atoms with Gasteiger partial charge in [0.2, 0.25) is 5.91 Å². The van der Waals surface area contributed by atoms with Gasteiger partial charge >= 0.3 is 0 Å². The molecule has 0 radical (unpaired) electrons. The molecule has 3 heteroatoms. The van der Waals surface area contributed by atoms with Gasteiger partial charge in [0.25, 0.3) is 0 Å². The van der Waals surface area contributed by atoms with Crippen molar-refractivity contribution >= 4 is 21.8 Å². The van der Waals surface area contributed by atoms with Crippen LogP contribution in [-0.2, 0) is 11.2 Å². The van der Waals surface area contributed by atoms with Crippen molar-refractivity contribution in [2.75, 3.05) is 11.9 Å². The Hall–Kier alpha value is -0.830. The van der Waals surface area contributed by atoms with Crippen LogP contribution >= 0.6 is 15.9 Å². The summed E-state index contributed by atoms with van der Waals surface area (Å²) in [4.78, 5) is 11.7. The first-order valence-electron chi connectivity index (χ1n) is 6.60. The maximum Gasteiger partial charge on any atom is 0.224 e. The predicted molar refractivity (Wildman–Crippen MR) is 80.2 cm³/mol. The molecular formula is C15H22BrNO. The number of benzene rings is 1. The van der Waals surface area contributed by atoms with Gasteiger partial charge in [-0.2, -0.15) is 0 Å². The van der Waals surface area contributed by atoms with Crippen molar-refractivity contribution in [2.45, 2.75) is 39.0 Å². The van der Waals surface area contributed by atoms with E-state index >= 15 is 0 Å². The highest BCUT2D eigenvalue weighted by molar-refractivity contribution is 9.09. The first-order valence-corrected chi connectivity index (χ1v) is 7.72. The third kappa shape index (κ3) is 6.80. The van der Waals surface area contributed by atoms with E-state index in [0.717, 1.165) is 23.9 Å². The largest absolute Gasteiger partial charge is 0.356 e. The van der Waals surface area contributed by atoms with Gasteiger partial charge in [-0.05, 0) is 25.3 Å². The molecule has 100 valence electrons. The Morgan fingerprint density at radius 1 is 1.11 bits per heavy atom. The zero-order valence-electron chi connectivity index (χ0n) is 11.0. The normalized spacial score (nSPS) is 10.3. The summed E-state index contributed by atoms with van der Waals surface area (Å²) in [6.07, 6.45) is 5.21. The minimum absolute atomic E-state index is 0.124. The van der Waals surface area contributed by atoms with Crippen molar-refractivity contribution in [3.8, 4) is 0 Å². The fourth-order valence-corrected chi connectivity index (χ4v) is 2.15. The number of hydrogen-bond donors (Lipinski definition) is 1. The Balaban J connectivity index is 2.12. The highest BCUT2D eigenvalue weighted by Gasteiger charge is 2.02. The molecule has 2 nitrogen and oxygen atoms in total. The molecule has 0 saturated heterocycles. The van der Waals surface area contributed by atoms with Crippen molar-refractivity contribution in [2.24, 2.45) is 0 Å². The standard InChI is InChI=1S/C15H22BrNO/c1-13-6-8-14(9-7-13)12-15(18)17-11-5-3-2-4-10-16/h6-9H,2-5,10-12H2,1H3,(H,17,18). The van der Waals surface area contributed by atoms with E-state index in [1.807, 2.05) is 24.3 Å². The minimum Gasteiger partial charge on any atom is -0.356 e. The van der Waals surface area contributed by atoms with Gasteiger partial charge in [0.15, 0.2) is 0 Å². The lowest BCUT2D eigenvalue weighted by atomic mass is 10.1. The molecule has 1 N–H and O–H groups in total. The monoisotopic (exact) mass is 311 g/mol. The molecule has 18 heavy (non-hydrogen) atoms. The van der Waals surface area contributed by atoms with E-state index in [1.165, 1.54) is 24.8 Å². The summed E-state index contributed by atoms with van der Waals surface area (Å²) in [6.45, 7) is 2.85. The molecule has 1 amide bonds. The van der Waals surface area contributed by atoms with Gasteiger partial charge in [0.1, 0.15) is 0 Å². The number of carbonyl (C=O) groups excluding carboxylic acids is 1. The van der Waals surface area contributed by atoms with Crippen LogP contribution in [0.2, 0.25) is 0 Å². The molecule has 0 aliphatic carbocycles. The summed E-state index contributed by atoms with van der Waals surface area (Å²) >= 11 is 3.41. The zero-order chi connectivity index (χ0) is 13.2. The van der Waals surface area contributed by atoms with Gasteiger partial charge in [-0.15, -0.1) is 0 Å². The SMILES string of the molecule is Cc1ccc(CC(=O)NCCCCCCBr)cc1. The molecule has 0 unspecified atom stereocenters. The zero-order valence-corrected chi connectivity index (χ0v) is 12.6. The number of alkyl halides is 1. The minimum atomic E-state index is 0.124. The molecule has 0 bridgehead atoms. The highest BCUT2D eigenvalue weighted by Crippen LogP contribution is 2.04. The first kappa shape index (κ1) is 15.2. The van der Waals surface area contributed by atoms with Crippen LogP contribution in [0.15, 0.2) is 24.3 Å². The number of hydrogen-bond acceptors (Lipinski definition) is 1. The maximum atomic E-state index is 11.7. The number of halogens is 1. The summed E-state index contributed by atoms with van der Waals surface area (Å²) in [5.74, 6) is 0.124. The molecule has 0 atom stereocenters. The van der Waals surface area contributed by atoms with E-state index in [1.54, 1.807) is 0 Å². The quantitative estimate of drug-likeness (QED) is 0.576. The smallest absolute Gasteiger partial charge is 0.224 e. The molecule has 0 heterocycles. The summed E-state index contributed by atoms with van der Waals surface area (Å²) in [5.41, 5.74) is 2.31. The molecule has 1 aromatic carbocycles. The summed E-state index contributed by atoms with van der Waals surface area (Å²) in [7, 11) is 0. The van der Waals surface area contributed by atoms with Crippen molar-refractivity contribution in [1.82, 2.24) is 5.32 Å². The summed E-state index contributed by atoms with van der Waals surface area (Å²) in [5, 5.41) is 4.05. The third-order valence-corrected chi connectivity index (χ3v) is 3.43. The maximum absolute atomic E-state index is 11.7. The van der Waals surface area contributed by atoms with E-state index in [2.05, 4.69) is 28.2 Å². The highest BCUT2D eigenvalue weighted by atomic mass is 79.9. The van der Waals surface area contributed by atoms with Crippen molar-refractivity contribution in [3.05, 3.63) is 35.4 Å². The van der Waals surface area contributed by atoms with E-state index in [0.29, 0.717) is 6.42 Å². The molecule has 0 spiro atoms. The lowest BCUT2D eigenvalue weighted by Crippen LogP contribution is -2.26. The molecule has 0 saturated carbocycles. The Morgan fingerprint density at radius 3 is 2.44 bits per heavy atom. The number of unbranched alkanes of at least 4 members (excludes halogenated alkanes) is 3. The van der Waals surface area contributed by atoms with Crippen LogP contribution in [0.4, 0.5) is 0 Å². The summed E-state index contributed by atoms with van der Waals surface area (Å²) < 4.78 is 0. The average Bonchev–Trinajstić information content (AvgIpc) is 2.36. The molecule has 1 aromatic rings. The third-order valence-electron chi connectivity index (χ3n) is 2.87. The number of aryl methyl sites for hydroxylation is 1. The first-order chi connectivity index (χ1) is 8.72. The van der Waals surface area contributed by atoms with E-state index in [9.17, 15) is 4.79 Å². The summed E-state index contributed by atoms with van der Waals surface area (Å²) in [6, 6.07) is 8.13. The van der Waals surface area contributed by atoms with E-state index in [-0.39, 0.29) is 5.91 Å². The molecule has 1 rings (SSSR count). The molecule has 0 fully saturated rings. The van der Waals surface area contributed by atoms with E-state index < -0.39 is 0 Å². The molecule has 0 aliphatic heterocycles. The Bertz CT molecular complexity index is 348. The Kier molecular flexibility index (Phi) is 7.74. The second-order valence-corrected chi connectivity index (χ2v) is 5.41. The van der Waals surface area contributed by atoms with Crippen LogP contribution in [0.25, 0.3) is 0 Å². The van der Waals surface area contributed by atoms with Gasteiger partial charge in [0, 0.05) is 11.9 Å². The lowest BCUT2D eigenvalue weighted by molar-refractivity contribution is -0.120. The predicted octanol–water partition coefficient (Wildman–Crippen LogP) is 3.61. The number of amides is 1. The lowest BCUT2D eigenvalue weighted by Gasteiger charge is -2.05. The van der Waals surface area contributed by atoms with Gasteiger partial charge in [-0.1, -0.05) is 58.6 Å².